The molecule has 0 aromatic heterocycles. The van der Waals surface area contributed by atoms with Crippen molar-refractivity contribution >= 4 is 23.5 Å². The minimum Gasteiger partial charge on any atom is -0.467 e. The highest BCUT2D eigenvalue weighted by Gasteiger charge is 2.55. The van der Waals surface area contributed by atoms with Crippen LogP contribution in [0.25, 0.3) is 0 Å². The van der Waals surface area contributed by atoms with Gasteiger partial charge >= 0.3 is 5.97 Å². The Labute approximate surface area is 193 Å². The van der Waals surface area contributed by atoms with Gasteiger partial charge in [0.2, 0.25) is 5.91 Å². The third kappa shape index (κ3) is 3.96. The first-order chi connectivity index (χ1) is 16.0. The van der Waals surface area contributed by atoms with Crippen molar-refractivity contribution in [1.82, 2.24) is 10.6 Å². The number of carbonyl (C=O) groups is 3. The number of rotatable bonds is 5. The Morgan fingerprint density at radius 1 is 1.09 bits per heavy atom. The first-order valence-electron chi connectivity index (χ1n) is 11.6. The van der Waals surface area contributed by atoms with Gasteiger partial charge < -0.3 is 20.7 Å². The SMILES string of the molecule is COC(=O)C(Cc1ccccc1)NC(=O)C1CC2CCC1C[C@@]21NC(=O)c2ccccc2N1. The summed E-state index contributed by atoms with van der Waals surface area (Å²) < 4.78 is 4.96. The number of carbonyl (C=O) groups excluding carboxylic acids is 3. The zero-order chi connectivity index (χ0) is 23.0. The van der Waals surface area contributed by atoms with Crippen LogP contribution in [-0.2, 0) is 20.7 Å². The van der Waals surface area contributed by atoms with Crippen LogP contribution in [0.1, 0.15) is 41.6 Å². The predicted octanol–water partition coefficient (Wildman–Crippen LogP) is 2.87. The molecule has 4 aliphatic rings. The Kier molecular flexibility index (Phi) is 5.56. The van der Waals surface area contributed by atoms with Gasteiger partial charge in [-0.25, -0.2) is 4.79 Å². The van der Waals surface area contributed by atoms with Gasteiger partial charge in [0, 0.05) is 23.9 Å². The molecule has 3 aliphatic carbocycles. The molecule has 7 nitrogen and oxygen atoms in total. The topological polar surface area (TPSA) is 96.5 Å². The molecule has 2 aromatic carbocycles. The third-order valence-corrected chi connectivity index (χ3v) is 7.56. The number of anilines is 1. The van der Waals surface area contributed by atoms with Gasteiger partial charge in [-0.1, -0.05) is 42.5 Å². The van der Waals surface area contributed by atoms with E-state index in [0.29, 0.717) is 24.8 Å². The van der Waals surface area contributed by atoms with Crippen LogP contribution in [0.4, 0.5) is 5.69 Å². The maximum absolute atomic E-state index is 13.3. The van der Waals surface area contributed by atoms with Crippen LogP contribution in [0.2, 0.25) is 0 Å². The third-order valence-electron chi connectivity index (χ3n) is 7.56. The highest BCUT2D eigenvalue weighted by atomic mass is 16.5. The summed E-state index contributed by atoms with van der Waals surface area (Å²) in [6, 6.07) is 16.4. The van der Waals surface area contributed by atoms with Gasteiger partial charge in [-0.2, -0.15) is 0 Å². The van der Waals surface area contributed by atoms with Gasteiger partial charge in [0.05, 0.1) is 12.7 Å². The lowest BCUT2D eigenvalue weighted by Gasteiger charge is -2.56. The number of ether oxygens (including phenoxy) is 1. The molecular weight excluding hydrogens is 418 g/mol. The highest BCUT2D eigenvalue weighted by Crippen LogP contribution is 2.51. The number of nitrogens with one attached hydrogen (secondary N) is 3. The molecule has 1 spiro atoms. The van der Waals surface area contributed by atoms with E-state index in [1.165, 1.54) is 7.11 Å². The number of hydrogen-bond acceptors (Lipinski definition) is 5. The van der Waals surface area contributed by atoms with E-state index in [9.17, 15) is 14.4 Å². The molecule has 2 bridgehead atoms. The van der Waals surface area contributed by atoms with E-state index in [2.05, 4.69) is 16.0 Å². The first-order valence-corrected chi connectivity index (χ1v) is 11.6. The highest BCUT2D eigenvalue weighted by molar-refractivity contribution is 6.02. The number of amides is 2. The number of para-hydroxylation sites is 1. The summed E-state index contributed by atoms with van der Waals surface area (Å²) in [4.78, 5) is 38.5. The van der Waals surface area contributed by atoms with Crippen LogP contribution in [-0.4, -0.2) is 36.6 Å². The van der Waals surface area contributed by atoms with Crippen LogP contribution < -0.4 is 16.0 Å². The van der Waals surface area contributed by atoms with Crippen LogP contribution in [0.3, 0.4) is 0 Å². The summed E-state index contributed by atoms with van der Waals surface area (Å²) in [6.07, 6.45) is 3.64. The second-order valence-electron chi connectivity index (χ2n) is 9.45. The summed E-state index contributed by atoms with van der Waals surface area (Å²) in [7, 11) is 1.34. The molecule has 6 rings (SSSR count). The number of hydrogen-bond donors (Lipinski definition) is 3. The molecule has 2 amide bonds. The maximum atomic E-state index is 13.3. The van der Waals surface area contributed by atoms with Gasteiger partial charge in [0.25, 0.3) is 5.91 Å². The fourth-order valence-electron chi connectivity index (χ4n) is 5.93. The van der Waals surface area contributed by atoms with Crippen molar-refractivity contribution in [3.63, 3.8) is 0 Å². The molecule has 7 heteroatoms. The molecular formula is C26H29N3O4. The zero-order valence-corrected chi connectivity index (χ0v) is 18.7. The lowest BCUT2D eigenvalue weighted by molar-refractivity contribution is -0.147. The van der Waals surface area contributed by atoms with E-state index in [1.807, 2.05) is 54.6 Å². The van der Waals surface area contributed by atoms with Gasteiger partial charge in [0.15, 0.2) is 0 Å². The van der Waals surface area contributed by atoms with Crippen molar-refractivity contribution in [2.75, 3.05) is 12.4 Å². The van der Waals surface area contributed by atoms with Gasteiger partial charge in [0.1, 0.15) is 11.7 Å². The monoisotopic (exact) mass is 447 g/mol. The summed E-state index contributed by atoms with van der Waals surface area (Å²) in [5.41, 5.74) is 1.95. The van der Waals surface area contributed by atoms with Crippen LogP contribution in [0.15, 0.2) is 54.6 Å². The Balaban J connectivity index is 1.30. The smallest absolute Gasteiger partial charge is 0.328 e. The molecule has 0 saturated heterocycles. The van der Waals surface area contributed by atoms with E-state index in [0.717, 1.165) is 24.1 Å². The summed E-state index contributed by atoms with van der Waals surface area (Å²) in [6.45, 7) is 0. The molecule has 1 heterocycles. The quantitative estimate of drug-likeness (QED) is 0.613. The lowest BCUT2D eigenvalue weighted by Crippen LogP contribution is -2.68. The minimum atomic E-state index is -0.723. The Hall–Kier alpha value is -3.35. The second-order valence-corrected chi connectivity index (χ2v) is 9.45. The molecule has 1 aliphatic heterocycles. The Morgan fingerprint density at radius 2 is 1.85 bits per heavy atom. The van der Waals surface area contributed by atoms with Crippen LogP contribution in [0.5, 0.6) is 0 Å². The average molecular weight is 448 g/mol. The summed E-state index contributed by atoms with van der Waals surface area (Å²) in [5.74, 6) is -0.528. The molecule has 3 fully saturated rings. The Bertz CT molecular complexity index is 1070. The minimum absolute atomic E-state index is 0.0634. The molecule has 5 atom stereocenters. The zero-order valence-electron chi connectivity index (χ0n) is 18.7. The van der Waals surface area contributed by atoms with Crippen LogP contribution in [0, 0.1) is 17.8 Å². The van der Waals surface area contributed by atoms with Gasteiger partial charge in [-0.05, 0) is 49.3 Å². The maximum Gasteiger partial charge on any atom is 0.328 e. The summed E-state index contributed by atoms with van der Waals surface area (Å²) >= 11 is 0. The van der Waals surface area contributed by atoms with Crippen molar-refractivity contribution < 1.29 is 19.1 Å². The Morgan fingerprint density at radius 3 is 2.58 bits per heavy atom. The van der Waals surface area contributed by atoms with Gasteiger partial charge in [-0.3, -0.25) is 9.59 Å². The standard InChI is InChI=1S/C26H29N3O4/c1-33-25(32)22(13-16-7-3-2-4-8-16)27-23(30)20-14-18-12-11-17(20)15-26(18)28-21-10-6-5-9-19(21)24(31)29-26/h2-10,17-18,20,22,28H,11-15H2,1H3,(H,27,30)(H,29,31)/t17?,18?,20?,22?,26-/m1/s1. The number of fused-ring (bicyclic) bond motifs is 3. The van der Waals surface area contributed by atoms with Crippen molar-refractivity contribution in [3.05, 3.63) is 65.7 Å². The fourth-order valence-corrected chi connectivity index (χ4v) is 5.93. The first kappa shape index (κ1) is 21.5. The largest absolute Gasteiger partial charge is 0.467 e. The van der Waals surface area contributed by atoms with Crippen molar-refractivity contribution in [2.45, 2.75) is 43.8 Å². The molecule has 2 aromatic rings. The number of benzene rings is 2. The average Bonchev–Trinajstić information content (AvgIpc) is 2.84. The van der Waals surface area contributed by atoms with Crippen LogP contribution >= 0.6 is 0 Å². The molecule has 3 N–H and O–H groups in total. The van der Waals surface area contributed by atoms with E-state index in [1.54, 1.807) is 0 Å². The normalized spacial score (nSPS) is 28.3. The fraction of sp³-hybridized carbons (Fsp3) is 0.423. The van der Waals surface area contributed by atoms with E-state index < -0.39 is 17.7 Å². The van der Waals surface area contributed by atoms with Gasteiger partial charge in [-0.15, -0.1) is 0 Å². The van der Waals surface area contributed by atoms with Crippen molar-refractivity contribution in [3.8, 4) is 0 Å². The predicted molar refractivity (Wildman–Crippen MR) is 123 cm³/mol. The number of methoxy groups -OCH3 is 1. The van der Waals surface area contributed by atoms with Crippen molar-refractivity contribution in [1.29, 1.82) is 0 Å². The lowest BCUT2D eigenvalue weighted by atomic mass is 9.58. The molecule has 4 unspecified atom stereocenters. The van der Waals surface area contributed by atoms with E-state index in [-0.39, 0.29) is 29.6 Å². The van der Waals surface area contributed by atoms with Crippen molar-refractivity contribution in [2.24, 2.45) is 17.8 Å². The van der Waals surface area contributed by atoms with E-state index in [4.69, 9.17) is 4.74 Å². The second kappa shape index (κ2) is 8.54. The molecule has 0 radical (unpaired) electrons. The molecule has 3 saturated carbocycles. The number of esters is 1. The summed E-state index contributed by atoms with van der Waals surface area (Å²) in [5, 5.41) is 9.79. The van der Waals surface area contributed by atoms with E-state index >= 15 is 0 Å². The molecule has 172 valence electrons. The molecule has 33 heavy (non-hydrogen) atoms.